The lowest BCUT2D eigenvalue weighted by molar-refractivity contribution is -0.139. The maximum atomic E-state index is 13.0. The number of esters is 1. The van der Waals surface area contributed by atoms with E-state index >= 15 is 0 Å². The lowest BCUT2D eigenvalue weighted by atomic mass is 9.76. The molecule has 3 amide bonds. The van der Waals surface area contributed by atoms with Crippen LogP contribution >= 0.6 is 11.6 Å². The van der Waals surface area contributed by atoms with Gasteiger partial charge in [-0.05, 0) is 61.9 Å². The summed E-state index contributed by atoms with van der Waals surface area (Å²) in [7, 11) is 0. The molecule has 1 saturated carbocycles. The molecule has 3 aliphatic rings. The van der Waals surface area contributed by atoms with Gasteiger partial charge in [0.1, 0.15) is 5.75 Å². The number of benzene rings is 2. The first-order chi connectivity index (χ1) is 16.7. The minimum absolute atomic E-state index is 0.0364. The second-order valence-corrected chi connectivity index (χ2v) is 10.3. The van der Waals surface area contributed by atoms with Crippen molar-refractivity contribution in [2.45, 2.75) is 39.5 Å². The first kappa shape index (κ1) is 23.5. The van der Waals surface area contributed by atoms with Crippen molar-refractivity contribution in [2.75, 3.05) is 16.3 Å². The minimum atomic E-state index is -0.634. The van der Waals surface area contributed by atoms with Gasteiger partial charge in [0.25, 0.3) is 0 Å². The van der Waals surface area contributed by atoms with Crippen molar-refractivity contribution in [2.24, 2.45) is 23.7 Å². The quantitative estimate of drug-likeness (QED) is 0.354. The fourth-order valence-corrected chi connectivity index (χ4v) is 5.57. The molecule has 2 aromatic rings. The van der Waals surface area contributed by atoms with Gasteiger partial charge >= 0.3 is 5.97 Å². The third kappa shape index (κ3) is 4.33. The molecule has 2 aromatic carbocycles. The second kappa shape index (κ2) is 9.11. The molecule has 2 saturated heterocycles. The van der Waals surface area contributed by atoms with E-state index in [1.165, 1.54) is 9.80 Å². The van der Waals surface area contributed by atoms with Crippen LogP contribution in [0, 0.1) is 30.6 Å². The summed E-state index contributed by atoms with van der Waals surface area (Å²) in [6.07, 6.45) is 2.42. The molecular weight excluding hydrogens is 468 g/mol. The van der Waals surface area contributed by atoms with Crippen molar-refractivity contribution in [3.05, 3.63) is 53.1 Å². The highest BCUT2D eigenvalue weighted by Gasteiger charge is 2.50. The normalized spacial score (nSPS) is 26.3. The molecule has 2 heterocycles. The number of carbonyl (C=O) groups is 4. The van der Waals surface area contributed by atoms with Gasteiger partial charge in [0.15, 0.2) is 0 Å². The standard InChI is InChI=1S/C27H27ClN2O5/c1-15-6-9-21-22(10-15)26(33)30(25(21)32)19-4-3-5-20(12-19)35-27(34)17-11-24(31)29(14-17)18-8-7-16(2)23(28)13-18/h3-5,7-8,12-13,15,17,21-22H,6,9-11,14H2,1-2H3/t15-,17+,21+,22-/m0/s1. The van der Waals surface area contributed by atoms with Gasteiger partial charge in [-0.3, -0.25) is 19.2 Å². The molecule has 0 spiro atoms. The van der Waals surface area contributed by atoms with Crippen LogP contribution in [0.25, 0.3) is 0 Å². The summed E-state index contributed by atoms with van der Waals surface area (Å²) in [4.78, 5) is 54.3. The Balaban J connectivity index is 1.29. The van der Waals surface area contributed by atoms with E-state index in [1.54, 1.807) is 36.4 Å². The maximum absolute atomic E-state index is 13.0. The summed E-state index contributed by atoms with van der Waals surface area (Å²) in [6.45, 7) is 4.18. The Labute approximate surface area is 209 Å². The van der Waals surface area contributed by atoms with Gasteiger partial charge in [-0.25, -0.2) is 4.90 Å². The maximum Gasteiger partial charge on any atom is 0.316 e. The number of imide groups is 1. The van der Waals surface area contributed by atoms with Crippen LogP contribution < -0.4 is 14.5 Å². The zero-order chi connectivity index (χ0) is 24.9. The molecule has 8 heteroatoms. The zero-order valence-corrected chi connectivity index (χ0v) is 20.5. The van der Waals surface area contributed by atoms with Crippen molar-refractivity contribution in [1.82, 2.24) is 0 Å². The molecule has 0 N–H and O–H groups in total. The fraction of sp³-hybridized carbons (Fsp3) is 0.407. The topological polar surface area (TPSA) is 84.0 Å². The third-order valence-corrected chi connectivity index (χ3v) is 7.81. The van der Waals surface area contributed by atoms with E-state index < -0.39 is 11.9 Å². The second-order valence-electron chi connectivity index (χ2n) is 9.90. The predicted octanol–water partition coefficient (Wildman–Crippen LogP) is 4.53. The minimum Gasteiger partial charge on any atom is -0.426 e. The first-order valence-electron chi connectivity index (χ1n) is 12.0. The van der Waals surface area contributed by atoms with E-state index in [2.05, 4.69) is 6.92 Å². The molecule has 7 nitrogen and oxygen atoms in total. The number of carbonyl (C=O) groups excluding carboxylic acids is 4. The van der Waals surface area contributed by atoms with E-state index in [0.717, 1.165) is 24.8 Å². The molecule has 0 radical (unpaired) electrons. The van der Waals surface area contributed by atoms with E-state index in [0.29, 0.717) is 22.3 Å². The molecule has 1 aliphatic carbocycles. The van der Waals surface area contributed by atoms with Crippen molar-refractivity contribution >= 4 is 46.7 Å². The Morgan fingerprint density at radius 3 is 2.54 bits per heavy atom. The van der Waals surface area contributed by atoms with E-state index in [1.807, 2.05) is 13.0 Å². The number of fused-ring (bicyclic) bond motifs is 1. The van der Waals surface area contributed by atoms with Gasteiger partial charge in [-0.2, -0.15) is 0 Å². The van der Waals surface area contributed by atoms with Gasteiger partial charge in [-0.1, -0.05) is 30.7 Å². The monoisotopic (exact) mass is 494 g/mol. The molecule has 2 aliphatic heterocycles. The van der Waals surface area contributed by atoms with Gasteiger partial charge in [0.2, 0.25) is 17.7 Å². The Kier molecular flexibility index (Phi) is 6.13. The molecule has 0 bridgehead atoms. The summed E-state index contributed by atoms with van der Waals surface area (Å²) in [5, 5.41) is 0.554. The van der Waals surface area contributed by atoms with Crippen molar-refractivity contribution in [3.63, 3.8) is 0 Å². The molecular formula is C27H27ClN2O5. The number of amides is 3. The van der Waals surface area contributed by atoms with Gasteiger partial charge in [0.05, 0.1) is 23.4 Å². The molecule has 5 rings (SSSR count). The highest BCUT2D eigenvalue weighted by atomic mass is 35.5. The Bertz CT molecular complexity index is 1230. The number of hydrogen-bond donors (Lipinski definition) is 0. The molecule has 35 heavy (non-hydrogen) atoms. The molecule has 182 valence electrons. The fourth-order valence-electron chi connectivity index (χ4n) is 5.39. The predicted molar refractivity (Wildman–Crippen MR) is 131 cm³/mol. The highest BCUT2D eigenvalue weighted by Crippen LogP contribution is 2.42. The van der Waals surface area contributed by atoms with Crippen LogP contribution in [0.5, 0.6) is 5.75 Å². The zero-order valence-electron chi connectivity index (χ0n) is 19.7. The van der Waals surface area contributed by atoms with Crippen LogP contribution in [-0.4, -0.2) is 30.2 Å². The van der Waals surface area contributed by atoms with Crippen LogP contribution in [0.2, 0.25) is 5.02 Å². The number of anilines is 2. The van der Waals surface area contributed by atoms with Crippen LogP contribution in [0.3, 0.4) is 0 Å². The van der Waals surface area contributed by atoms with E-state index in [9.17, 15) is 19.2 Å². The van der Waals surface area contributed by atoms with Gasteiger partial charge in [0, 0.05) is 29.7 Å². The van der Waals surface area contributed by atoms with Crippen LogP contribution in [0.4, 0.5) is 11.4 Å². The van der Waals surface area contributed by atoms with E-state index in [-0.39, 0.29) is 48.3 Å². The SMILES string of the molecule is Cc1ccc(N2C[C@H](C(=O)Oc3cccc(N4C(=O)[C@H]5C[C@@H](C)CC[C@H]5C4=O)c3)CC2=O)cc1Cl. The molecule has 0 aromatic heterocycles. The number of nitrogens with zero attached hydrogens (tertiary/aromatic N) is 2. The Morgan fingerprint density at radius 1 is 1.00 bits per heavy atom. The number of hydrogen-bond acceptors (Lipinski definition) is 5. The number of ether oxygens (including phenoxy) is 1. The largest absolute Gasteiger partial charge is 0.426 e. The molecule has 4 atom stereocenters. The summed E-state index contributed by atoms with van der Waals surface area (Å²) in [6, 6.07) is 11.8. The summed E-state index contributed by atoms with van der Waals surface area (Å²) < 4.78 is 5.59. The average Bonchev–Trinajstić information content (AvgIpc) is 3.33. The Hall–Kier alpha value is -3.19. The summed E-state index contributed by atoms with van der Waals surface area (Å²) >= 11 is 6.20. The van der Waals surface area contributed by atoms with E-state index in [4.69, 9.17) is 16.3 Å². The van der Waals surface area contributed by atoms with Gasteiger partial charge in [-0.15, -0.1) is 0 Å². The lowest BCUT2D eigenvalue weighted by Crippen LogP contribution is -2.31. The number of halogens is 1. The Morgan fingerprint density at radius 2 is 1.77 bits per heavy atom. The smallest absolute Gasteiger partial charge is 0.316 e. The first-order valence-corrected chi connectivity index (χ1v) is 12.4. The van der Waals surface area contributed by atoms with Crippen LogP contribution in [0.1, 0.15) is 38.2 Å². The molecule has 0 unspecified atom stereocenters. The lowest BCUT2D eigenvalue weighted by Gasteiger charge is -2.25. The van der Waals surface area contributed by atoms with Crippen LogP contribution in [-0.2, 0) is 19.2 Å². The summed E-state index contributed by atoms with van der Waals surface area (Å²) in [5.74, 6) is -1.58. The van der Waals surface area contributed by atoms with Gasteiger partial charge < -0.3 is 9.64 Å². The van der Waals surface area contributed by atoms with Crippen molar-refractivity contribution in [1.29, 1.82) is 0 Å². The number of rotatable bonds is 4. The van der Waals surface area contributed by atoms with Crippen molar-refractivity contribution < 1.29 is 23.9 Å². The highest BCUT2D eigenvalue weighted by molar-refractivity contribution is 6.31. The van der Waals surface area contributed by atoms with Crippen LogP contribution in [0.15, 0.2) is 42.5 Å². The molecule has 3 fully saturated rings. The number of aryl methyl sites for hydroxylation is 1. The summed E-state index contributed by atoms with van der Waals surface area (Å²) in [5.41, 5.74) is 1.96. The third-order valence-electron chi connectivity index (χ3n) is 7.41. The average molecular weight is 495 g/mol. The van der Waals surface area contributed by atoms with Crippen molar-refractivity contribution in [3.8, 4) is 5.75 Å².